The first-order valence-electron chi connectivity index (χ1n) is 5.08. The van der Waals surface area contributed by atoms with Gasteiger partial charge >= 0.3 is 0 Å². The largest absolute Gasteiger partial charge is 0.333 e. The maximum absolute atomic E-state index is 4.59. The molecular weight excluding hydrogens is 352 g/mol. The molecule has 0 aliphatic carbocycles. The number of thioether (sulfide) groups is 1. The van der Waals surface area contributed by atoms with Crippen molar-refractivity contribution >= 4 is 54.5 Å². The Kier molecular flexibility index (Phi) is 4.33. The zero-order valence-electron chi connectivity index (χ0n) is 8.84. The van der Waals surface area contributed by atoms with E-state index in [4.69, 9.17) is 0 Å². The minimum Gasteiger partial charge on any atom is -0.333 e. The van der Waals surface area contributed by atoms with E-state index in [9.17, 15) is 0 Å². The highest BCUT2D eigenvalue weighted by molar-refractivity contribution is 9.11. The fourth-order valence-electron chi connectivity index (χ4n) is 1.42. The van der Waals surface area contributed by atoms with Gasteiger partial charge in [0, 0.05) is 14.7 Å². The van der Waals surface area contributed by atoms with Crippen molar-refractivity contribution < 1.29 is 0 Å². The molecule has 0 radical (unpaired) electrons. The molecule has 0 saturated carbocycles. The summed E-state index contributed by atoms with van der Waals surface area (Å²) < 4.78 is 2.09. The van der Waals surface area contributed by atoms with Crippen LogP contribution in [0.4, 0.5) is 5.69 Å². The maximum atomic E-state index is 4.59. The fraction of sp³-hybridized carbons (Fsp3) is 0.364. The van der Waals surface area contributed by atoms with Crippen LogP contribution < -0.4 is 5.32 Å². The molecule has 0 fully saturated rings. The summed E-state index contributed by atoms with van der Waals surface area (Å²) in [6.45, 7) is 2.15. The van der Waals surface area contributed by atoms with Gasteiger partial charge in [-0.25, -0.2) is 0 Å². The summed E-state index contributed by atoms with van der Waals surface area (Å²) in [5.41, 5.74) is 1.04. The first-order chi connectivity index (χ1) is 7.66. The molecule has 0 bridgehead atoms. The van der Waals surface area contributed by atoms with Crippen molar-refractivity contribution in [1.82, 2.24) is 0 Å². The van der Waals surface area contributed by atoms with E-state index in [1.807, 2.05) is 18.2 Å². The van der Waals surface area contributed by atoms with Crippen molar-refractivity contribution in [1.29, 1.82) is 0 Å². The zero-order valence-corrected chi connectivity index (χ0v) is 12.8. The molecule has 1 aliphatic rings. The molecule has 2 rings (SSSR count). The molecule has 0 aromatic heterocycles. The lowest BCUT2D eigenvalue weighted by Gasteiger charge is -2.18. The lowest BCUT2D eigenvalue weighted by Crippen LogP contribution is -2.18. The molecule has 86 valence electrons. The van der Waals surface area contributed by atoms with Crippen molar-refractivity contribution in [2.24, 2.45) is 4.99 Å². The Labute approximate surface area is 117 Å². The molecule has 1 atom stereocenters. The number of nitrogens with one attached hydrogen (secondary N) is 1. The Bertz CT molecular complexity index is 400. The van der Waals surface area contributed by atoms with Gasteiger partial charge in [0.05, 0.1) is 11.7 Å². The third-order valence-electron chi connectivity index (χ3n) is 2.31. The van der Waals surface area contributed by atoms with Crippen LogP contribution in [0.25, 0.3) is 0 Å². The van der Waals surface area contributed by atoms with Crippen LogP contribution in [-0.4, -0.2) is 17.0 Å². The van der Waals surface area contributed by atoms with E-state index in [1.165, 1.54) is 0 Å². The minimum atomic E-state index is 0.421. The minimum absolute atomic E-state index is 0.421. The maximum Gasteiger partial charge on any atom is 0.161 e. The second-order valence-electron chi connectivity index (χ2n) is 3.64. The van der Waals surface area contributed by atoms with Crippen LogP contribution in [0.2, 0.25) is 0 Å². The predicted molar refractivity (Wildman–Crippen MR) is 79.4 cm³/mol. The van der Waals surface area contributed by atoms with Gasteiger partial charge in [0.15, 0.2) is 5.17 Å². The van der Waals surface area contributed by atoms with Crippen LogP contribution in [0.5, 0.6) is 0 Å². The number of hydrogen-bond acceptors (Lipinski definition) is 3. The Balaban J connectivity index is 2.20. The SMILES string of the molecule is CC1CCSC(Nc2c(Br)cccc2Br)=N1. The van der Waals surface area contributed by atoms with Crippen LogP contribution in [0, 0.1) is 0 Å². The molecule has 0 spiro atoms. The number of anilines is 1. The lowest BCUT2D eigenvalue weighted by atomic mass is 10.3. The van der Waals surface area contributed by atoms with Gasteiger partial charge in [0.2, 0.25) is 0 Å². The summed E-state index contributed by atoms with van der Waals surface area (Å²) in [6, 6.07) is 6.46. The van der Waals surface area contributed by atoms with E-state index in [-0.39, 0.29) is 0 Å². The number of halogens is 2. The summed E-state index contributed by atoms with van der Waals surface area (Å²) >= 11 is 8.84. The van der Waals surface area contributed by atoms with E-state index < -0.39 is 0 Å². The smallest absolute Gasteiger partial charge is 0.161 e. The van der Waals surface area contributed by atoms with Gasteiger partial charge in [-0.2, -0.15) is 0 Å². The van der Waals surface area contributed by atoms with Gasteiger partial charge in [0.25, 0.3) is 0 Å². The number of nitrogens with zero attached hydrogens (tertiary/aromatic N) is 1. The van der Waals surface area contributed by atoms with Crippen LogP contribution >= 0.6 is 43.6 Å². The molecule has 1 aromatic rings. The summed E-state index contributed by atoms with van der Waals surface area (Å²) in [4.78, 5) is 4.59. The molecule has 16 heavy (non-hydrogen) atoms. The Morgan fingerprint density at radius 1 is 1.38 bits per heavy atom. The summed E-state index contributed by atoms with van der Waals surface area (Å²) in [5, 5.41) is 4.37. The van der Waals surface area contributed by atoms with E-state index in [1.54, 1.807) is 11.8 Å². The Morgan fingerprint density at radius 3 is 2.69 bits per heavy atom. The van der Waals surface area contributed by atoms with E-state index >= 15 is 0 Å². The fourth-order valence-corrected chi connectivity index (χ4v) is 3.70. The molecule has 1 unspecified atom stereocenters. The summed E-state index contributed by atoms with van der Waals surface area (Å²) in [5.74, 6) is 1.13. The van der Waals surface area contributed by atoms with Gasteiger partial charge < -0.3 is 5.32 Å². The number of hydrogen-bond donors (Lipinski definition) is 1. The zero-order chi connectivity index (χ0) is 11.5. The molecule has 2 nitrogen and oxygen atoms in total. The van der Waals surface area contributed by atoms with Gasteiger partial charge in [-0.3, -0.25) is 4.99 Å². The highest BCUT2D eigenvalue weighted by Crippen LogP contribution is 2.32. The highest BCUT2D eigenvalue weighted by Gasteiger charge is 2.13. The van der Waals surface area contributed by atoms with E-state index in [0.29, 0.717) is 6.04 Å². The Hall–Kier alpha value is -0.000000000000000111. The van der Waals surface area contributed by atoms with Crippen molar-refractivity contribution in [3.63, 3.8) is 0 Å². The summed E-state index contributed by atoms with van der Waals surface area (Å²) in [7, 11) is 0. The standard InChI is InChI=1S/C11H12Br2N2S/c1-7-5-6-16-11(14-7)15-10-8(12)3-2-4-9(10)13/h2-4,7H,5-6H2,1H3,(H,14,15). The second-order valence-corrected chi connectivity index (χ2v) is 6.43. The van der Waals surface area contributed by atoms with Crippen molar-refractivity contribution in [3.8, 4) is 0 Å². The molecule has 0 amide bonds. The predicted octanol–water partition coefficient (Wildman–Crippen LogP) is 4.50. The monoisotopic (exact) mass is 362 g/mol. The van der Waals surface area contributed by atoms with Crippen molar-refractivity contribution in [2.75, 3.05) is 11.1 Å². The average molecular weight is 364 g/mol. The lowest BCUT2D eigenvalue weighted by molar-refractivity contribution is 0.720. The normalized spacial score (nSPS) is 20.4. The first kappa shape index (κ1) is 12.5. The molecule has 1 N–H and O–H groups in total. The second kappa shape index (κ2) is 5.56. The highest BCUT2D eigenvalue weighted by atomic mass is 79.9. The van der Waals surface area contributed by atoms with Crippen LogP contribution in [0.1, 0.15) is 13.3 Å². The molecule has 1 aromatic carbocycles. The van der Waals surface area contributed by atoms with Gasteiger partial charge in [-0.05, 0) is 57.3 Å². The molecule has 1 aliphatic heterocycles. The summed E-state index contributed by atoms with van der Waals surface area (Å²) in [6.07, 6.45) is 1.16. The van der Waals surface area contributed by atoms with Crippen LogP contribution in [0.15, 0.2) is 32.1 Å². The molecular formula is C11H12Br2N2S. The first-order valence-corrected chi connectivity index (χ1v) is 7.65. The van der Waals surface area contributed by atoms with E-state index in [2.05, 4.69) is 49.1 Å². The average Bonchev–Trinajstić information content (AvgIpc) is 2.24. The molecule has 5 heteroatoms. The third kappa shape index (κ3) is 3.02. The van der Waals surface area contributed by atoms with Gasteiger partial charge in [0.1, 0.15) is 0 Å². The number of para-hydroxylation sites is 1. The number of benzene rings is 1. The Morgan fingerprint density at radius 2 is 2.06 bits per heavy atom. The van der Waals surface area contributed by atoms with Crippen LogP contribution in [0.3, 0.4) is 0 Å². The number of aliphatic imine (C=N–C) groups is 1. The quantitative estimate of drug-likeness (QED) is 0.794. The van der Waals surface area contributed by atoms with Gasteiger partial charge in [-0.1, -0.05) is 17.8 Å². The van der Waals surface area contributed by atoms with Gasteiger partial charge in [-0.15, -0.1) is 0 Å². The van der Waals surface area contributed by atoms with Crippen LogP contribution in [-0.2, 0) is 0 Å². The third-order valence-corrected chi connectivity index (χ3v) is 4.55. The number of rotatable bonds is 1. The van der Waals surface area contributed by atoms with Crippen molar-refractivity contribution in [3.05, 3.63) is 27.1 Å². The topological polar surface area (TPSA) is 24.4 Å². The van der Waals surface area contributed by atoms with E-state index in [0.717, 1.165) is 32.0 Å². The molecule has 1 heterocycles. The molecule has 0 saturated heterocycles. The van der Waals surface area contributed by atoms with Crippen molar-refractivity contribution in [2.45, 2.75) is 19.4 Å². The number of amidine groups is 1.